The molecule has 0 saturated heterocycles. The number of rotatable bonds is 0. The molecule has 2 aliphatic rings. The molecule has 0 aliphatic carbocycles. The molecule has 2 N–H and O–H groups in total. The average Bonchev–Trinajstić information content (AvgIpc) is 3.09. The van der Waals surface area contributed by atoms with E-state index >= 15 is 0 Å². The molecule has 4 aromatic carbocycles. The lowest BCUT2D eigenvalue weighted by Crippen LogP contribution is -2.31. The van der Waals surface area contributed by atoms with E-state index in [-0.39, 0.29) is 11.5 Å². The van der Waals surface area contributed by atoms with E-state index < -0.39 is 11.6 Å². The molecule has 29 heavy (non-hydrogen) atoms. The second kappa shape index (κ2) is 5.29. The summed E-state index contributed by atoms with van der Waals surface area (Å²) < 4.78 is 12.3. The summed E-state index contributed by atoms with van der Waals surface area (Å²) in [6.07, 6.45) is 3.19. The SMILES string of the molecule is O=C1C=CC2(O1)c1ccc3cc(O)ccc3c1Oc1c2ccc2cc(O)ccc12. The molecule has 140 valence electrons. The highest BCUT2D eigenvalue weighted by Gasteiger charge is 2.47. The summed E-state index contributed by atoms with van der Waals surface area (Å²) in [6.45, 7) is 0. The van der Waals surface area contributed by atoms with Crippen molar-refractivity contribution in [1.29, 1.82) is 0 Å². The lowest BCUT2D eigenvalue weighted by Gasteiger charge is -2.36. The summed E-state index contributed by atoms with van der Waals surface area (Å²) in [5, 5.41) is 22.9. The molecule has 5 heteroatoms. The minimum atomic E-state index is -1.09. The lowest BCUT2D eigenvalue weighted by molar-refractivity contribution is -0.143. The van der Waals surface area contributed by atoms with Crippen LogP contribution in [0, 0.1) is 0 Å². The highest BCUT2D eigenvalue weighted by molar-refractivity contribution is 5.98. The van der Waals surface area contributed by atoms with Crippen LogP contribution in [0.1, 0.15) is 11.1 Å². The largest absolute Gasteiger partial charge is 0.508 e. The number of hydrogen-bond acceptors (Lipinski definition) is 5. The van der Waals surface area contributed by atoms with E-state index in [0.29, 0.717) is 11.5 Å². The van der Waals surface area contributed by atoms with Crippen LogP contribution in [0.4, 0.5) is 0 Å². The molecular formula is C24H14O5. The molecule has 0 atom stereocenters. The van der Waals surface area contributed by atoms with Gasteiger partial charge < -0.3 is 19.7 Å². The van der Waals surface area contributed by atoms with Gasteiger partial charge in [-0.2, -0.15) is 0 Å². The first-order valence-corrected chi connectivity index (χ1v) is 9.18. The van der Waals surface area contributed by atoms with Gasteiger partial charge in [-0.25, -0.2) is 4.79 Å². The average molecular weight is 382 g/mol. The summed E-state index contributed by atoms with van der Waals surface area (Å²) in [6, 6.07) is 17.6. The predicted molar refractivity (Wildman–Crippen MR) is 107 cm³/mol. The highest BCUT2D eigenvalue weighted by atomic mass is 16.6. The Morgan fingerprint density at radius 2 is 1.28 bits per heavy atom. The van der Waals surface area contributed by atoms with Crippen molar-refractivity contribution >= 4 is 27.5 Å². The molecule has 0 amide bonds. The van der Waals surface area contributed by atoms with E-state index in [1.54, 1.807) is 42.5 Å². The third-order valence-electron chi connectivity index (χ3n) is 5.63. The number of carbonyl (C=O) groups is 1. The fourth-order valence-electron chi connectivity index (χ4n) is 4.33. The third kappa shape index (κ3) is 2.07. The standard InChI is InChI=1S/C24H14O5/c25-15-3-5-17-13(11-15)1-7-19-22(17)28-23-18-6-4-16(26)12-14(18)2-8-20(23)24(19)10-9-21(27)29-24/h1-12,25-26H. The van der Waals surface area contributed by atoms with E-state index in [0.717, 1.165) is 32.7 Å². The second-order valence-corrected chi connectivity index (χ2v) is 7.29. The van der Waals surface area contributed by atoms with Gasteiger partial charge in [0.25, 0.3) is 0 Å². The summed E-state index contributed by atoms with van der Waals surface area (Å²) in [5.41, 5.74) is 0.366. The Bertz CT molecular complexity index is 1310. The quantitative estimate of drug-likeness (QED) is 0.425. The van der Waals surface area contributed by atoms with Gasteiger partial charge >= 0.3 is 5.97 Å². The minimum Gasteiger partial charge on any atom is -0.508 e. The van der Waals surface area contributed by atoms with Crippen molar-refractivity contribution in [3.05, 3.63) is 83.9 Å². The molecule has 0 unspecified atom stereocenters. The van der Waals surface area contributed by atoms with Crippen LogP contribution in [0.15, 0.2) is 72.8 Å². The fraction of sp³-hybridized carbons (Fsp3) is 0.0417. The molecule has 0 bridgehead atoms. The number of ether oxygens (including phenoxy) is 2. The predicted octanol–water partition coefficient (Wildman–Crippen LogP) is 4.87. The maximum atomic E-state index is 12.1. The van der Waals surface area contributed by atoms with Crippen LogP contribution >= 0.6 is 0 Å². The Morgan fingerprint density at radius 3 is 1.76 bits per heavy atom. The van der Waals surface area contributed by atoms with Gasteiger partial charge in [-0.15, -0.1) is 0 Å². The molecule has 2 aliphatic heterocycles. The molecule has 0 fully saturated rings. The van der Waals surface area contributed by atoms with Crippen molar-refractivity contribution in [3.63, 3.8) is 0 Å². The zero-order valence-corrected chi connectivity index (χ0v) is 15.0. The lowest BCUT2D eigenvalue weighted by atomic mass is 9.81. The Hall–Kier alpha value is -3.99. The van der Waals surface area contributed by atoms with E-state index in [1.807, 2.05) is 24.3 Å². The van der Waals surface area contributed by atoms with E-state index in [1.165, 1.54) is 6.08 Å². The van der Waals surface area contributed by atoms with Crippen LogP contribution in [0.3, 0.4) is 0 Å². The first-order chi connectivity index (χ1) is 14.0. The molecular weight excluding hydrogens is 368 g/mol. The molecule has 6 rings (SSSR count). The number of phenols is 2. The van der Waals surface area contributed by atoms with Crippen molar-refractivity contribution in [1.82, 2.24) is 0 Å². The van der Waals surface area contributed by atoms with Crippen molar-refractivity contribution in [3.8, 4) is 23.0 Å². The molecule has 5 nitrogen and oxygen atoms in total. The van der Waals surface area contributed by atoms with Gasteiger partial charge in [0.15, 0.2) is 5.60 Å². The van der Waals surface area contributed by atoms with Crippen LogP contribution in [-0.2, 0) is 15.1 Å². The Labute approximate surface area is 165 Å². The van der Waals surface area contributed by atoms with Crippen LogP contribution in [0.5, 0.6) is 23.0 Å². The van der Waals surface area contributed by atoms with Crippen molar-refractivity contribution in [2.75, 3.05) is 0 Å². The summed E-state index contributed by atoms with van der Waals surface area (Å²) >= 11 is 0. The topological polar surface area (TPSA) is 76.0 Å². The number of phenolic OH excluding ortho intramolecular Hbond substituents is 2. The first-order valence-electron chi connectivity index (χ1n) is 9.18. The summed E-state index contributed by atoms with van der Waals surface area (Å²) in [4.78, 5) is 12.1. The number of hydrogen-bond donors (Lipinski definition) is 2. The zero-order valence-electron chi connectivity index (χ0n) is 15.0. The van der Waals surface area contributed by atoms with Crippen LogP contribution < -0.4 is 4.74 Å². The van der Waals surface area contributed by atoms with Crippen molar-refractivity contribution in [2.45, 2.75) is 5.60 Å². The first kappa shape index (κ1) is 16.0. The normalized spacial score (nSPS) is 15.9. The van der Waals surface area contributed by atoms with Gasteiger partial charge in [0.2, 0.25) is 0 Å². The number of benzene rings is 4. The van der Waals surface area contributed by atoms with E-state index in [9.17, 15) is 15.0 Å². The smallest absolute Gasteiger partial charge is 0.332 e. The Balaban J connectivity index is 1.73. The maximum Gasteiger partial charge on any atom is 0.332 e. The molecule has 2 heterocycles. The minimum absolute atomic E-state index is 0.163. The van der Waals surface area contributed by atoms with Gasteiger partial charge in [-0.3, -0.25) is 0 Å². The van der Waals surface area contributed by atoms with E-state index in [4.69, 9.17) is 9.47 Å². The van der Waals surface area contributed by atoms with E-state index in [2.05, 4.69) is 0 Å². The van der Waals surface area contributed by atoms with Gasteiger partial charge in [0.05, 0.1) is 0 Å². The van der Waals surface area contributed by atoms with Gasteiger partial charge in [-0.05, 0) is 65.4 Å². The third-order valence-corrected chi connectivity index (χ3v) is 5.63. The van der Waals surface area contributed by atoms with Crippen molar-refractivity contribution in [2.24, 2.45) is 0 Å². The molecule has 0 radical (unpaired) electrons. The monoisotopic (exact) mass is 382 g/mol. The highest BCUT2D eigenvalue weighted by Crippen LogP contribution is 2.55. The number of fused-ring (bicyclic) bond motifs is 8. The summed E-state index contributed by atoms with van der Waals surface area (Å²) in [5.74, 6) is 1.07. The molecule has 0 aromatic heterocycles. The second-order valence-electron chi connectivity index (χ2n) is 7.29. The Morgan fingerprint density at radius 1 is 0.724 bits per heavy atom. The molecule has 4 aromatic rings. The van der Waals surface area contributed by atoms with Gasteiger partial charge in [-0.1, -0.05) is 12.1 Å². The van der Waals surface area contributed by atoms with Crippen LogP contribution in [-0.4, -0.2) is 16.2 Å². The summed E-state index contributed by atoms with van der Waals surface area (Å²) in [7, 11) is 0. The molecule has 1 spiro atoms. The fourth-order valence-corrected chi connectivity index (χ4v) is 4.33. The number of carbonyl (C=O) groups excluding carboxylic acids is 1. The zero-order chi connectivity index (χ0) is 19.8. The van der Waals surface area contributed by atoms with Gasteiger partial charge in [0.1, 0.15) is 23.0 Å². The number of esters is 1. The maximum absolute atomic E-state index is 12.1. The Kier molecular flexibility index (Phi) is 2.92. The van der Waals surface area contributed by atoms with Gasteiger partial charge in [0, 0.05) is 28.0 Å². The number of aromatic hydroxyl groups is 2. The molecule has 0 saturated carbocycles. The van der Waals surface area contributed by atoms with Crippen LogP contribution in [0.2, 0.25) is 0 Å². The van der Waals surface area contributed by atoms with Crippen molar-refractivity contribution < 1.29 is 24.5 Å². The van der Waals surface area contributed by atoms with Crippen LogP contribution in [0.25, 0.3) is 21.5 Å².